The van der Waals surface area contributed by atoms with Gasteiger partial charge in [-0.3, -0.25) is 4.79 Å². The second-order valence-corrected chi connectivity index (χ2v) is 4.11. The molecule has 0 radical (unpaired) electrons. The van der Waals surface area contributed by atoms with Crippen LogP contribution in [0.2, 0.25) is 0 Å². The number of carbonyl (C=O) groups is 1. The molecule has 0 unspecified atom stereocenters. The summed E-state index contributed by atoms with van der Waals surface area (Å²) in [6.07, 6.45) is -2.53. The highest BCUT2D eigenvalue weighted by Crippen LogP contribution is 2.31. The van der Waals surface area contributed by atoms with Crippen LogP contribution in [-0.4, -0.2) is 24.2 Å². The monoisotopic (exact) mass is 224 g/mol. The van der Waals surface area contributed by atoms with E-state index in [0.29, 0.717) is 0 Å². The van der Waals surface area contributed by atoms with Crippen molar-refractivity contribution in [1.82, 2.24) is 5.32 Å². The summed E-state index contributed by atoms with van der Waals surface area (Å²) in [7, 11) is 0. The zero-order chi connectivity index (χ0) is 11.5. The van der Waals surface area contributed by atoms with Crippen molar-refractivity contribution < 1.29 is 18.0 Å². The third kappa shape index (κ3) is 4.51. The van der Waals surface area contributed by atoms with Crippen molar-refractivity contribution in [2.24, 2.45) is 5.73 Å². The van der Waals surface area contributed by atoms with Crippen LogP contribution in [0.15, 0.2) is 0 Å². The molecule has 6 heteroatoms. The highest BCUT2D eigenvalue weighted by atomic mass is 19.4. The largest absolute Gasteiger partial charge is 0.390 e. The summed E-state index contributed by atoms with van der Waals surface area (Å²) in [6, 6.07) is 0. The van der Waals surface area contributed by atoms with Crippen LogP contribution in [0.25, 0.3) is 0 Å². The molecule has 0 atom stereocenters. The van der Waals surface area contributed by atoms with Gasteiger partial charge in [0.15, 0.2) is 0 Å². The van der Waals surface area contributed by atoms with Crippen molar-refractivity contribution in [3.05, 3.63) is 0 Å². The number of nitrogens with two attached hydrogens (primary N) is 1. The molecule has 0 aliphatic heterocycles. The maximum Gasteiger partial charge on any atom is 0.390 e. The van der Waals surface area contributed by atoms with Gasteiger partial charge in [0.25, 0.3) is 0 Å². The Labute approximate surface area is 86.2 Å². The summed E-state index contributed by atoms with van der Waals surface area (Å²) in [5, 5.41) is 2.22. The Morgan fingerprint density at radius 3 is 2.40 bits per heavy atom. The van der Waals surface area contributed by atoms with Crippen LogP contribution < -0.4 is 11.1 Å². The Morgan fingerprint density at radius 1 is 1.40 bits per heavy atom. The molecule has 0 bridgehead atoms. The molecular formula is C9H15F3N2O. The Hall–Kier alpha value is -0.780. The van der Waals surface area contributed by atoms with E-state index in [1.807, 2.05) is 0 Å². The second kappa shape index (κ2) is 4.38. The highest BCUT2D eigenvalue weighted by molar-refractivity contribution is 5.77. The Bertz CT molecular complexity index is 236. The van der Waals surface area contributed by atoms with E-state index in [4.69, 9.17) is 5.73 Å². The van der Waals surface area contributed by atoms with Crippen LogP contribution >= 0.6 is 0 Å². The molecule has 1 fully saturated rings. The van der Waals surface area contributed by atoms with E-state index >= 15 is 0 Å². The highest BCUT2D eigenvalue weighted by Gasteiger charge is 2.34. The first kappa shape index (κ1) is 12.3. The summed E-state index contributed by atoms with van der Waals surface area (Å²) in [6.45, 7) is -0.363. The molecule has 1 aliphatic carbocycles. The number of carbonyl (C=O) groups excluding carboxylic acids is 1. The van der Waals surface area contributed by atoms with E-state index in [2.05, 4.69) is 5.32 Å². The number of alkyl halides is 3. The number of halogens is 3. The molecule has 0 saturated heterocycles. The fourth-order valence-corrected chi connectivity index (χ4v) is 1.53. The molecule has 0 aromatic carbocycles. The van der Waals surface area contributed by atoms with E-state index in [1.54, 1.807) is 0 Å². The maximum atomic E-state index is 11.7. The molecule has 88 valence electrons. The summed E-state index contributed by atoms with van der Waals surface area (Å²) in [5.41, 5.74) is 5.31. The maximum absolute atomic E-state index is 11.7. The van der Waals surface area contributed by atoms with E-state index in [0.717, 1.165) is 19.3 Å². The molecule has 1 saturated carbocycles. The van der Waals surface area contributed by atoms with Gasteiger partial charge in [0.1, 0.15) is 0 Å². The fourth-order valence-electron chi connectivity index (χ4n) is 1.53. The summed E-state index contributed by atoms with van der Waals surface area (Å²) < 4.78 is 35.2. The van der Waals surface area contributed by atoms with E-state index < -0.39 is 18.1 Å². The smallest absolute Gasteiger partial charge is 0.356 e. The van der Waals surface area contributed by atoms with Crippen LogP contribution in [0.4, 0.5) is 13.2 Å². The number of hydrogen-bond donors (Lipinski definition) is 2. The fraction of sp³-hybridized carbons (Fsp3) is 0.889. The molecule has 0 spiro atoms. The topological polar surface area (TPSA) is 55.1 Å². The molecule has 1 amide bonds. The zero-order valence-corrected chi connectivity index (χ0v) is 8.36. The van der Waals surface area contributed by atoms with Gasteiger partial charge in [-0.1, -0.05) is 0 Å². The Balaban J connectivity index is 2.14. The molecular weight excluding hydrogens is 209 g/mol. The summed E-state index contributed by atoms with van der Waals surface area (Å²) >= 11 is 0. The van der Waals surface area contributed by atoms with E-state index in [1.165, 1.54) is 0 Å². The molecule has 0 aromatic heterocycles. The van der Waals surface area contributed by atoms with Gasteiger partial charge < -0.3 is 11.1 Å². The van der Waals surface area contributed by atoms with Gasteiger partial charge in [-0.15, -0.1) is 0 Å². The first-order chi connectivity index (χ1) is 6.81. The minimum atomic E-state index is -4.22. The van der Waals surface area contributed by atoms with Crippen LogP contribution in [0, 0.1) is 0 Å². The number of rotatable bonds is 4. The lowest BCUT2D eigenvalue weighted by molar-refractivity contribution is -0.136. The third-order valence-electron chi connectivity index (χ3n) is 2.59. The summed E-state index contributed by atoms with van der Waals surface area (Å²) in [4.78, 5) is 11.2. The minimum absolute atomic E-state index is 0.130. The SMILES string of the molecule is NC1(CC(=O)NCCC(F)(F)F)CCC1. The lowest BCUT2D eigenvalue weighted by atomic mass is 9.75. The van der Waals surface area contributed by atoms with E-state index in [9.17, 15) is 18.0 Å². The van der Waals surface area contributed by atoms with Gasteiger partial charge >= 0.3 is 6.18 Å². The van der Waals surface area contributed by atoms with Gasteiger partial charge in [-0.05, 0) is 19.3 Å². The second-order valence-electron chi connectivity index (χ2n) is 4.11. The molecule has 3 nitrogen and oxygen atoms in total. The number of nitrogens with one attached hydrogen (secondary N) is 1. The van der Waals surface area contributed by atoms with E-state index in [-0.39, 0.29) is 18.9 Å². The molecule has 1 rings (SSSR count). The molecule has 1 aliphatic rings. The Kier molecular flexibility index (Phi) is 3.59. The average Bonchev–Trinajstić information content (AvgIpc) is 1.98. The number of amides is 1. The van der Waals surface area contributed by atoms with Crippen LogP contribution in [-0.2, 0) is 4.79 Å². The average molecular weight is 224 g/mol. The van der Waals surface area contributed by atoms with Crippen LogP contribution in [0.5, 0.6) is 0 Å². The quantitative estimate of drug-likeness (QED) is 0.756. The van der Waals surface area contributed by atoms with Crippen molar-refractivity contribution in [3.63, 3.8) is 0 Å². The molecule has 0 aromatic rings. The van der Waals surface area contributed by atoms with Crippen LogP contribution in [0.3, 0.4) is 0 Å². The lowest BCUT2D eigenvalue weighted by Crippen LogP contribution is -2.50. The first-order valence-corrected chi connectivity index (χ1v) is 4.93. The molecule has 15 heavy (non-hydrogen) atoms. The third-order valence-corrected chi connectivity index (χ3v) is 2.59. The van der Waals surface area contributed by atoms with Crippen molar-refractivity contribution in [3.8, 4) is 0 Å². The van der Waals surface area contributed by atoms with Gasteiger partial charge in [0, 0.05) is 18.5 Å². The van der Waals surface area contributed by atoms with Crippen molar-refractivity contribution >= 4 is 5.91 Å². The zero-order valence-electron chi connectivity index (χ0n) is 8.36. The van der Waals surface area contributed by atoms with Crippen molar-refractivity contribution in [2.75, 3.05) is 6.54 Å². The predicted octanol–water partition coefficient (Wildman–Crippen LogP) is 1.33. The predicted molar refractivity (Wildman–Crippen MR) is 49.1 cm³/mol. The minimum Gasteiger partial charge on any atom is -0.356 e. The van der Waals surface area contributed by atoms with Crippen molar-refractivity contribution in [1.29, 1.82) is 0 Å². The van der Waals surface area contributed by atoms with Gasteiger partial charge in [-0.25, -0.2) is 0 Å². The normalized spacial score (nSPS) is 19.5. The van der Waals surface area contributed by atoms with Gasteiger partial charge in [0.2, 0.25) is 5.91 Å². The van der Waals surface area contributed by atoms with Gasteiger partial charge in [-0.2, -0.15) is 13.2 Å². The van der Waals surface area contributed by atoms with Crippen LogP contribution in [0.1, 0.15) is 32.1 Å². The van der Waals surface area contributed by atoms with Crippen molar-refractivity contribution in [2.45, 2.75) is 43.8 Å². The van der Waals surface area contributed by atoms with Gasteiger partial charge in [0.05, 0.1) is 6.42 Å². The molecule has 0 heterocycles. The first-order valence-electron chi connectivity index (χ1n) is 4.93. The molecule has 3 N–H and O–H groups in total. The summed E-state index contributed by atoms with van der Waals surface area (Å²) in [5.74, 6) is -0.388. The lowest BCUT2D eigenvalue weighted by Gasteiger charge is -2.37. The Morgan fingerprint density at radius 2 is 2.00 bits per heavy atom. The standard InChI is InChI=1S/C9H15F3N2O/c10-9(11,12)4-5-14-7(15)6-8(13)2-1-3-8/h1-6,13H2,(H,14,15). The number of hydrogen-bond acceptors (Lipinski definition) is 2.